The number of rotatable bonds is 4. The molecule has 0 aliphatic heterocycles. The molecule has 0 aromatic carbocycles. The zero-order valence-corrected chi connectivity index (χ0v) is 8.91. The quantitative estimate of drug-likeness (QED) is 0.761. The van der Waals surface area contributed by atoms with Crippen LogP contribution in [0.1, 0.15) is 26.0 Å². The second-order valence-electron chi connectivity index (χ2n) is 3.74. The maximum Gasteiger partial charge on any atom is 0.130 e. The standard InChI is InChI=1S/C10H17N3O/c1-4-10(3,6-14)13-9-5-8(2)11-7-12-9/h5,7,14H,4,6H2,1-3H3,(H,11,12,13). The van der Waals surface area contributed by atoms with E-state index in [1.165, 1.54) is 6.33 Å². The highest BCUT2D eigenvalue weighted by Gasteiger charge is 2.20. The Labute approximate surface area is 84.4 Å². The Kier molecular flexibility index (Phi) is 3.41. The van der Waals surface area contributed by atoms with Crippen molar-refractivity contribution in [3.63, 3.8) is 0 Å². The van der Waals surface area contributed by atoms with Crippen molar-refractivity contribution < 1.29 is 5.11 Å². The Morgan fingerprint density at radius 2 is 2.21 bits per heavy atom. The monoisotopic (exact) mass is 195 g/mol. The predicted octanol–water partition coefficient (Wildman–Crippen LogP) is 1.36. The van der Waals surface area contributed by atoms with Crippen molar-refractivity contribution in [3.8, 4) is 0 Å². The zero-order chi connectivity index (χ0) is 10.6. The van der Waals surface area contributed by atoms with Crippen LogP contribution in [0.4, 0.5) is 5.82 Å². The van der Waals surface area contributed by atoms with E-state index in [0.717, 1.165) is 17.9 Å². The molecular weight excluding hydrogens is 178 g/mol. The molecule has 0 bridgehead atoms. The summed E-state index contributed by atoms with van der Waals surface area (Å²) in [5.41, 5.74) is 0.611. The predicted molar refractivity (Wildman–Crippen MR) is 56.2 cm³/mol. The van der Waals surface area contributed by atoms with Gasteiger partial charge in [-0.1, -0.05) is 6.92 Å². The number of aliphatic hydroxyl groups excluding tert-OH is 1. The number of nitrogens with one attached hydrogen (secondary N) is 1. The summed E-state index contributed by atoms with van der Waals surface area (Å²) in [5, 5.41) is 12.4. The SMILES string of the molecule is CCC(C)(CO)Nc1cc(C)ncn1. The lowest BCUT2D eigenvalue weighted by Crippen LogP contribution is -2.38. The highest BCUT2D eigenvalue weighted by atomic mass is 16.3. The number of aromatic nitrogens is 2. The van der Waals surface area contributed by atoms with Gasteiger partial charge in [-0.05, 0) is 20.3 Å². The largest absolute Gasteiger partial charge is 0.394 e. The third-order valence-corrected chi connectivity index (χ3v) is 2.36. The third kappa shape index (κ3) is 2.67. The molecule has 0 fully saturated rings. The van der Waals surface area contributed by atoms with E-state index in [4.69, 9.17) is 0 Å². The van der Waals surface area contributed by atoms with Crippen LogP contribution < -0.4 is 5.32 Å². The molecule has 0 aliphatic rings. The molecule has 1 aromatic heterocycles. The van der Waals surface area contributed by atoms with Crippen LogP contribution in [0, 0.1) is 6.92 Å². The molecule has 0 spiro atoms. The average molecular weight is 195 g/mol. The van der Waals surface area contributed by atoms with Crippen molar-refractivity contribution in [2.24, 2.45) is 0 Å². The smallest absolute Gasteiger partial charge is 0.130 e. The lowest BCUT2D eigenvalue weighted by atomic mass is 10.0. The van der Waals surface area contributed by atoms with Crippen LogP contribution >= 0.6 is 0 Å². The van der Waals surface area contributed by atoms with E-state index in [-0.39, 0.29) is 12.1 Å². The molecule has 14 heavy (non-hydrogen) atoms. The minimum atomic E-state index is -0.305. The summed E-state index contributed by atoms with van der Waals surface area (Å²) in [4.78, 5) is 8.10. The summed E-state index contributed by atoms with van der Waals surface area (Å²) in [6, 6.07) is 1.86. The first-order valence-electron chi connectivity index (χ1n) is 4.77. The molecule has 4 nitrogen and oxygen atoms in total. The Balaban J connectivity index is 2.77. The maximum atomic E-state index is 9.21. The van der Waals surface area contributed by atoms with Gasteiger partial charge in [-0.3, -0.25) is 0 Å². The topological polar surface area (TPSA) is 58.0 Å². The summed E-state index contributed by atoms with van der Waals surface area (Å²) in [6.45, 7) is 5.99. The van der Waals surface area contributed by atoms with Gasteiger partial charge in [0.25, 0.3) is 0 Å². The molecule has 0 saturated carbocycles. The third-order valence-electron chi connectivity index (χ3n) is 2.36. The van der Waals surface area contributed by atoms with Crippen LogP contribution in [-0.4, -0.2) is 27.2 Å². The second kappa shape index (κ2) is 4.37. The molecule has 0 aliphatic carbocycles. The lowest BCUT2D eigenvalue weighted by Gasteiger charge is -2.27. The summed E-state index contributed by atoms with van der Waals surface area (Å²) in [7, 11) is 0. The summed E-state index contributed by atoms with van der Waals surface area (Å²) < 4.78 is 0. The number of hydrogen-bond acceptors (Lipinski definition) is 4. The number of nitrogens with zero attached hydrogens (tertiary/aromatic N) is 2. The summed E-state index contributed by atoms with van der Waals surface area (Å²) in [6.07, 6.45) is 2.36. The number of anilines is 1. The van der Waals surface area contributed by atoms with E-state index < -0.39 is 0 Å². The average Bonchev–Trinajstić information content (AvgIpc) is 2.18. The van der Waals surface area contributed by atoms with Gasteiger partial charge in [0.2, 0.25) is 0 Å². The minimum absolute atomic E-state index is 0.0898. The van der Waals surface area contributed by atoms with Gasteiger partial charge in [-0.2, -0.15) is 0 Å². The number of aliphatic hydroxyl groups is 1. The molecule has 2 N–H and O–H groups in total. The molecule has 1 heterocycles. The fourth-order valence-electron chi connectivity index (χ4n) is 1.07. The van der Waals surface area contributed by atoms with Gasteiger partial charge >= 0.3 is 0 Å². The van der Waals surface area contributed by atoms with Crippen molar-refractivity contribution in [1.82, 2.24) is 9.97 Å². The molecule has 0 radical (unpaired) electrons. The van der Waals surface area contributed by atoms with E-state index >= 15 is 0 Å². The summed E-state index contributed by atoms with van der Waals surface area (Å²) >= 11 is 0. The van der Waals surface area contributed by atoms with Crippen LogP contribution in [0.3, 0.4) is 0 Å². The van der Waals surface area contributed by atoms with Crippen molar-refractivity contribution in [2.75, 3.05) is 11.9 Å². The second-order valence-corrected chi connectivity index (χ2v) is 3.74. The molecule has 0 saturated heterocycles. The molecule has 78 valence electrons. The molecule has 1 aromatic rings. The van der Waals surface area contributed by atoms with Crippen LogP contribution in [0.15, 0.2) is 12.4 Å². The van der Waals surface area contributed by atoms with Crippen molar-refractivity contribution in [3.05, 3.63) is 18.1 Å². The Morgan fingerprint density at radius 1 is 1.50 bits per heavy atom. The first-order chi connectivity index (χ1) is 6.59. The number of aryl methyl sites for hydroxylation is 1. The molecule has 1 rings (SSSR count). The van der Waals surface area contributed by atoms with Crippen LogP contribution in [0.2, 0.25) is 0 Å². The van der Waals surface area contributed by atoms with Gasteiger partial charge in [-0.25, -0.2) is 9.97 Å². The highest BCUT2D eigenvalue weighted by molar-refractivity contribution is 5.37. The van der Waals surface area contributed by atoms with Crippen molar-refractivity contribution in [2.45, 2.75) is 32.7 Å². The van der Waals surface area contributed by atoms with Gasteiger partial charge in [0.1, 0.15) is 12.1 Å². The molecule has 1 atom stereocenters. The molecular formula is C10H17N3O. The van der Waals surface area contributed by atoms with E-state index in [2.05, 4.69) is 15.3 Å². The fraction of sp³-hybridized carbons (Fsp3) is 0.600. The van der Waals surface area contributed by atoms with E-state index in [1.54, 1.807) is 0 Å². The summed E-state index contributed by atoms with van der Waals surface area (Å²) in [5.74, 6) is 0.760. The van der Waals surface area contributed by atoms with Gasteiger partial charge < -0.3 is 10.4 Å². The normalized spacial score (nSPS) is 14.9. The Morgan fingerprint density at radius 3 is 2.71 bits per heavy atom. The molecule has 1 unspecified atom stereocenters. The fourth-order valence-corrected chi connectivity index (χ4v) is 1.07. The van der Waals surface area contributed by atoms with Crippen LogP contribution in [0.5, 0.6) is 0 Å². The van der Waals surface area contributed by atoms with Crippen LogP contribution in [0.25, 0.3) is 0 Å². The highest BCUT2D eigenvalue weighted by Crippen LogP contribution is 2.15. The van der Waals surface area contributed by atoms with E-state index in [9.17, 15) is 5.11 Å². The number of hydrogen-bond donors (Lipinski definition) is 2. The molecule has 4 heteroatoms. The Bertz CT molecular complexity index is 297. The lowest BCUT2D eigenvalue weighted by molar-refractivity contribution is 0.218. The van der Waals surface area contributed by atoms with Crippen molar-refractivity contribution >= 4 is 5.82 Å². The zero-order valence-electron chi connectivity index (χ0n) is 8.91. The van der Waals surface area contributed by atoms with Gasteiger partial charge in [-0.15, -0.1) is 0 Å². The molecule has 0 amide bonds. The van der Waals surface area contributed by atoms with Crippen LogP contribution in [-0.2, 0) is 0 Å². The van der Waals surface area contributed by atoms with E-state index in [1.807, 2.05) is 26.8 Å². The van der Waals surface area contributed by atoms with Gasteiger partial charge in [0, 0.05) is 11.8 Å². The first kappa shape index (κ1) is 10.9. The van der Waals surface area contributed by atoms with E-state index in [0.29, 0.717) is 0 Å². The van der Waals surface area contributed by atoms with Crippen molar-refractivity contribution in [1.29, 1.82) is 0 Å². The van der Waals surface area contributed by atoms with Gasteiger partial charge in [0.15, 0.2) is 0 Å². The van der Waals surface area contributed by atoms with Gasteiger partial charge in [0.05, 0.1) is 12.1 Å². The Hall–Kier alpha value is -1.16. The first-order valence-corrected chi connectivity index (χ1v) is 4.77. The maximum absolute atomic E-state index is 9.21. The minimum Gasteiger partial charge on any atom is -0.394 e.